The van der Waals surface area contributed by atoms with Gasteiger partial charge in [-0.1, -0.05) is 11.6 Å². The fourth-order valence-electron chi connectivity index (χ4n) is 1.95. The van der Waals surface area contributed by atoms with Crippen LogP contribution in [0.3, 0.4) is 0 Å². The van der Waals surface area contributed by atoms with E-state index in [0.29, 0.717) is 11.5 Å². The average Bonchev–Trinajstić information content (AvgIpc) is 3.18. The lowest BCUT2D eigenvalue weighted by Gasteiger charge is -2.05. The third kappa shape index (κ3) is 4.14. The molecule has 2 heterocycles. The molecular formula is C15H10ClF3N4O2S. The molecule has 1 aromatic carbocycles. The zero-order chi connectivity index (χ0) is 18.7. The molecule has 0 aliphatic rings. The van der Waals surface area contributed by atoms with Crippen LogP contribution in [0.4, 0.5) is 13.2 Å². The Balaban J connectivity index is 1.68. The van der Waals surface area contributed by atoms with Gasteiger partial charge in [0.25, 0.3) is 6.43 Å². The Kier molecular flexibility index (Phi) is 5.43. The first-order chi connectivity index (χ1) is 12.4. The lowest BCUT2D eigenvalue weighted by Crippen LogP contribution is -1.99. The molecule has 1 N–H and O–H groups in total. The van der Waals surface area contributed by atoms with Crippen molar-refractivity contribution in [2.24, 2.45) is 5.10 Å². The molecule has 6 nitrogen and oxygen atoms in total. The fraction of sp³-hybridized carbons (Fsp3) is 0.133. The van der Waals surface area contributed by atoms with E-state index in [0.717, 1.165) is 10.7 Å². The molecule has 0 saturated heterocycles. The number of aromatic amines is 1. The van der Waals surface area contributed by atoms with Gasteiger partial charge < -0.3 is 9.15 Å². The van der Waals surface area contributed by atoms with Gasteiger partial charge in [0.15, 0.2) is 0 Å². The van der Waals surface area contributed by atoms with Gasteiger partial charge in [0, 0.05) is 0 Å². The van der Waals surface area contributed by atoms with Crippen LogP contribution in [0.1, 0.15) is 23.8 Å². The minimum absolute atomic E-state index is 0.0343. The van der Waals surface area contributed by atoms with E-state index in [2.05, 4.69) is 15.3 Å². The molecule has 0 saturated carbocycles. The van der Waals surface area contributed by atoms with Gasteiger partial charge in [0.1, 0.15) is 29.7 Å². The van der Waals surface area contributed by atoms with Crippen LogP contribution in [0.15, 0.2) is 39.9 Å². The second kappa shape index (κ2) is 7.75. The summed E-state index contributed by atoms with van der Waals surface area (Å²) in [5, 5.41) is 9.60. The van der Waals surface area contributed by atoms with Gasteiger partial charge in [-0.05, 0) is 42.5 Å². The summed E-state index contributed by atoms with van der Waals surface area (Å²) < 4.78 is 50.2. The molecule has 0 amide bonds. The number of alkyl halides is 2. The number of furan rings is 1. The monoisotopic (exact) mass is 402 g/mol. The van der Waals surface area contributed by atoms with Crippen molar-refractivity contribution in [1.29, 1.82) is 0 Å². The summed E-state index contributed by atoms with van der Waals surface area (Å²) in [5.41, 5.74) is 0. The van der Waals surface area contributed by atoms with E-state index in [4.69, 9.17) is 33.0 Å². The molecule has 0 aliphatic heterocycles. The SMILES string of the molecule is Fc1ccc(OCc2ccc(/C=N/n3c(C(F)F)n[nH]c3=S)o2)c(Cl)c1. The van der Waals surface area contributed by atoms with Crippen LogP contribution in [0, 0.1) is 10.6 Å². The van der Waals surface area contributed by atoms with Crippen LogP contribution < -0.4 is 4.74 Å². The van der Waals surface area contributed by atoms with Crippen molar-refractivity contribution in [2.45, 2.75) is 13.0 Å². The number of hydrogen-bond acceptors (Lipinski definition) is 5. The Morgan fingerprint density at radius 1 is 1.38 bits per heavy atom. The first-order valence-electron chi connectivity index (χ1n) is 7.10. The fourth-order valence-corrected chi connectivity index (χ4v) is 2.36. The van der Waals surface area contributed by atoms with Gasteiger partial charge in [-0.2, -0.15) is 14.9 Å². The van der Waals surface area contributed by atoms with Gasteiger partial charge in [0.2, 0.25) is 10.6 Å². The lowest BCUT2D eigenvalue weighted by molar-refractivity contribution is 0.136. The highest BCUT2D eigenvalue weighted by Gasteiger charge is 2.16. The third-order valence-corrected chi connectivity index (χ3v) is 3.68. The van der Waals surface area contributed by atoms with Gasteiger partial charge >= 0.3 is 0 Å². The summed E-state index contributed by atoms with van der Waals surface area (Å²) in [7, 11) is 0. The highest BCUT2D eigenvalue weighted by Crippen LogP contribution is 2.26. The summed E-state index contributed by atoms with van der Waals surface area (Å²) in [6, 6.07) is 6.93. The standard InChI is InChI=1S/C15H10ClF3N4O2S/c16-11-5-8(17)1-4-12(11)24-7-10-3-2-9(25-10)6-20-23-14(13(18)19)21-22-15(23)26/h1-6,13H,7H2,(H,22,26)/b20-6+. The first kappa shape index (κ1) is 18.2. The Hall–Kier alpha value is -2.59. The highest BCUT2D eigenvalue weighted by atomic mass is 35.5. The molecule has 3 rings (SSSR count). The van der Waals surface area contributed by atoms with Gasteiger partial charge in [-0.25, -0.2) is 18.3 Å². The maximum absolute atomic E-state index is 13.0. The zero-order valence-corrected chi connectivity index (χ0v) is 14.4. The molecule has 2 aromatic heterocycles. The Labute approximate surface area is 154 Å². The number of H-pyrrole nitrogens is 1. The first-order valence-corrected chi connectivity index (χ1v) is 7.89. The minimum atomic E-state index is -2.83. The van der Waals surface area contributed by atoms with Crippen molar-refractivity contribution < 1.29 is 22.3 Å². The Morgan fingerprint density at radius 2 is 2.19 bits per heavy atom. The van der Waals surface area contributed by atoms with Crippen molar-refractivity contribution in [1.82, 2.24) is 14.9 Å². The number of benzene rings is 1. The van der Waals surface area contributed by atoms with Crippen LogP contribution in [-0.4, -0.2) is 21.1 Å². The number of nitrogens with one attached hydrogen (secondary N) is 1. The van der Waals surface area contributed by atoms with Gasteiger partial charge in [-0.3, -0.25) is 0 Å². The Morgan fingerprint density at radius 3 is 2.92 bits per heavy atom. The maximum Gasteiger partial charge on any atom is 0.299 e. The largest absolute Gasteiger partial charge is 0.484 e. The van der Waals surface area contributed by atoms with Crippen molar-refractivity contribution in [3.8, 4) is 5.75 Å². The molecule has 0 atom stereocenters. The second-order valence-electron chi connectivity index (χ2n) is 4.91. The number of ether oxygens (including phenoxy) is 1. The average molecular weight is 403 g/mol. The molecule has 26 heavy (non-hydrogen) atoms. The van der Waals surface area contributed by atoms with Gasteiger partial charge in [0.05, 0.1) is 11.2 Å². The predicted molar refractivity (Wildman–Crippen MR) is 89.8 cm³/mol. The van der Waals surface area contributed by atoms with E-state index in [1.54, 1.807) is 12.1 Å². The van der Waals surface area contributed by atoms with E-state index in [1.807, 2.05) is 0 Å². The van der Waals surface area contributed by atoms with Crippen LogP contribution in [0.2, 0.25) is 5.02 Å². The number of rotatable bonds is 6. The van der Waals surface area contributed by atoms with Crippen molar-refractivity contribution in [3.63, 3.8) is 0 Å². The lowest BCUT2D eigenvalue weighted by atomic mass is 10.3. The van der Waals surface area contributed by atoms with Crippen LogP contribution >= 0.6 is 23.8 Å². The van der Waals surface area contributed by atoms with Crippen LogP contribution in [0.5, 0.6) is 5.75 Å². The maximum atomic E-state index is 13.0. The molecule has 0 aliphatic carbocycles. The van der Waals surface area contributed by atoms with Gasteiger partial charge in [-0.15, -0.1) is 0 Å². The molecule has 0 unspecified atom stereocenters. The molecular weight excluding hydrogens is 393 g/mol. The molecule has 0 spiro atoms. The quantitative estimate of drug-likeness (QED) is 0.478. The zero-order valence-electron chi connectivity index (χ0n) is 12.8. The number of hydrogen-bond donors (Lipinski definition) is 1. The van der Waals surface area contributed by atoms with Crippen molar-refractivity contribution in [2.75, 3.05) is 0 Å². The summed E-state index contributed by atoms with van der Waals surface area (Å²) in [5.74, 6) is -0.0630. The summed E-state index contributed by atoms with van der Waals surface area (Å²) in [6.07, 6.45) is -1.62. The van der Waals surface area contributed by atoms with E-state index in [-0.39, 0.29) is 22.2 Å². The van der Waals surface area contributed by atoms with Crippen LogP contribution in [0.25, 0.3) is 0 Å². The molecule has 11 heteroatoms. The molecule has 3 aromatic rings. The van der Waals surface area contributed by atoms with Crippen molar-refractivity contribution in [3.05, 3.63) is 63.3 Å². The van der Waals surface area contributed by atoms with E-state index in [9.17, 15) is 13.2 Å². The smallest absolute Gasteiger partial charge is 0.299 e. The third-order valence-electron chi connectivity index (χ3n) is 3.12. The van der Waals surface area contributed by atoms with E-state index in [1.165, 1.54) is 18.3 Å². The van der Waals surface area contributed by atoms with Crippen molar-refractivity contribution >= 4 is 30.0 Å². The summed E-state index contributed by atoms with van der Waals surface area (Å²) in [6.45, 7) is 0.0343. The minimum Gasteiger partial charge on any atom is -0.484 e. The Bertz CT molecular complexity index is 999. The number of nitrogens with zero attached hydrogens (tertiary/aromatic N) is 3. The molecule has 0 bridgehead atoms. The van der Waals surface area contributed by atoms with Crippen LogP contribution in [-0.2, 0) is 6.61 Å². The predicted octanol–water partition coefficient (Wildman–Crippen LogP) is 4.72. The summed E-state index contributed by atoms with van der Waals surface area (Å²) in [4.78, 5) is 0. The molecule has 0 radical (unpaired) electrons. The number of aromatic nitrogens is 3. The second-order valence-corrected chi connectivity index (χ2v) is 5.71. The number of halogens is 4. The molecule has 136 valence electrons. The summed E-state index contributed by atoms with van der Waals surface area (Å²) >= 11 is 10.7. The van der Waals surface area contributed by atoms with E-state index < -0.39 is 18.1 Å². The normalized spacial score (nSPS) is 11.6. The molecule has 0 fully saturated rings. The van der Waals surface area contributed by atoms with E-state index >= 15 is 0 Å². The topological polar surface area (TPSA) is 68.3 Å². The highest BCUT2D eigenvalue weighted by molar-refractivity contribution is 7.71.